The number of rotatable bonds is 3. The molecule has 1 aliphatic heterocycles. The van der Waals surface area contributed by atoms with Gasteiger partial charge in [-0.2, -0.15) is 0 Å². The molecule has 1 aromatic heterocycles. The first-order valence-corrected chi connectivity index (χ1v) is 10.1. The molecule has 3 aromatic rings. The van der Waals surface area contributed by atoms with E-state index >= 15 is 0 Å². The van der Waals surface area contributed by atoms with Gasteiger partial charge in [-0.3, -0.25) is 4.79 Å². The highest BCUT2D eigenvalue weighted by atomic mass is 35.5. The molecule has 1 aliphatic rings. The molecule has 0 radical (unpaired) electrons. The lowest BCUT2D eigenvalue weighted by Crippen LogP contribution is -2.21. The van der Waals surface area contributed by atoms with Crippen LogP contribution >= 0.6 is 11.6 Å². The van der Waals surface area contributed by atoms with Crippen LogP contribution < -0.4 is 10.6 Å². The van der Waals surface area contributed by atoms with Gasteiger partial charge >= 0.3 is 0 Å². The largest absolute Gasteiger partial charge is 0.375 e. The van der Waals surface area contributed by atoms with Crippen LogP contribution in [0, 0.1) is 0 Å². The minimum absolute atomic E-state index is 0.0660. The summed E-state index contributed by atoms with van der Waals surface area (Å²) in [6.45, 7) is 0. The fourth-order valence-corrected chi connectivity index (χ4v) is 4.82. The highest BCUT2D eigenvalue weighted by Crippen LogP contribution is 2.34. The molecule has 2 heterocycles. The number of carbonyl (C=O) groups excluding carboxylic acids is 1. The lowest BCUT2D eigenvalue weighted by Gasteiger charge is -2.18. The molecule has 2 aromatic carbocycles. The van der Waals surface area contributed by atoms with Crippen LogP contribution in [0.2, 0.25) is 5.02 Å². The van der Waals surface area contributed by atoms with Gasteiger partial charge in [-0.25, -0.2) is 12.4 Å². The Morgan fingerprint density at radius 3 is 2.59 bits per heavy atom. The van der Waals surface area contributed by atoms with Crippen molar-refractivity contribution in [1.82, 2.24) is 3.97 Å². The minimum Gasteiger partial charge on any atom is -0.375 e. The highest BCUT2D eigenvalue weighted by molar-refractivity contribution is 7.90. The van der Waals surface area contributed by atoms with E-state index < -0.39 is 16.1 Å². The smallest absolute Gasteiger partial charge is 0.269 e. The Labute approximate surface area is 161 Å². The summed E-state index contributed by atoms with van der Waals surface area (Å²) in [5, 5.41) is 6.59. The number of aromatic nitrogens is 1. The lowest BCUT2D eigenvalue weighted by atomic mass is 10.1. The van der Waals surface area contributed by atoms with Gasteiger partial charge in [0, 0.05) is 16.9 Å². The second-order valence-corrected chi connectivity index (χ2v) is 8.41. The topological polar surface area (TPSA) is 80.2 Å². The van der Waals surface area contributed by atoms with Gasteiger partial charge in [-0.05, 0) is 48.5 Å². The average molecular weight is 402 g/mol. The standard InChI is InChI=1S/C19H16ClN3O3S/c20-13-7-9-14(10-8-13)21-19(24)12-16-17-5-3-11-23(17)27(25,26)18-6-2-1-4-15(18)22-16/h1-11,16,22H,12H2,(H,21,24). The molecular weight excluding hydrogens is 386 g/mol. The SMILES string of the molecule is O=C(CC1Nc2ccccc2S(=O)(=O)n2cccc21)Nc1ccc(Cl)cc1. The van der Waals surface area contributed by atoms with Gasteiger partial charge in [0.2, 0.25) is 5.91 Å². The van der Waals surface area contributed by atoms with Crippen LogP contribution in [0.15, 0.2) is 71.8 Å². The van der Waals surface area contributed by atoms with E-state index in [-0.39, 0.29) is 17.2 Å². The Morgan fingerprint density at radius 2 is 1.81 bits per heavy atom. The van der Waals surface area contributed by atoms with Crippen LogP contribution in [0.4, 0.5) is 11.4 Å². The van der Waals surface area contributed by atoms with Gasteiger partial charge in [0.15, 0.2) is 0 Å². The Hall–Kier alpha value is -2.77. The van der Waals surface area contributed by atoms with Gasteiger partial charge in [-0.1, -0.05) is 23.7 Å². The van der Waals surface area contributed by atoms with Crippen molar-refractivity contribution in [3.63, 3.8) is 0 Å². The minimum atomic E-state index is -3.72. The normalized spacial score (nSPS) is 17.1. The number of benzene rings is 2. The predicted molar refractivity (Wildman–Crippen MR) is 105 cm³/mol. The van der Waals surface area contributed by atoms with E-state index in [0.29, 0.717) is 22.1 Å². The van der Waals surface area contributed by atoms with Crippen LogP contribution in [0.3, 0.4) is 0 Å². The predicted octanol–water partition coefficient (Wildman–Crippen LogP) is 3.87. The molecule has 0 saturated heterocycles. The lowest BCUT2D eigenvalue weighted by molar-refractivity contribution is -0.116. The number of para-hydroxylation sites is 1. The summed E-state index contributed by atoms with van der Waals surface area (Å²) in [6.07, 6.45) is 1.56. The number of fused-ring (bicyclic) bond motifs is 2. The molecule has 1 unspecified atom stereocenters. The maximum absolute atomic E-state index is 12.9. The third-order valence-electron chi connectivity index (χ3n) is 4.37. The second-order valence-electron chi connectivity index (χ2n) is 6.19. The molecule has 138 valence electrons. The number of nitrogens with zero attached hydrogens (tertiary/aromatic N) is 1. The number of hydrogen-bond donors (Lipinski definition) is 2. The first kappa shape index (κ1) is 17.6. The maximum Gasteiger partial charge on any atom is 0.269 e. The van der Waals surface area contributed by atoms with Crippen LogP contribution in [0.25, 0.3) is 0 Å². The van der Waals surface area contributed by atoms with E-state index in [1.165, 1.54) is 10.2 Å². The molecule has 0 bridgehead atoms. The maximum atomic E-state index is 12.9. The monoisotopic (exact) mass is 401 g/mol. The van der Waals surface area contributed by atoms with E-state index in [1.54, 1.807) is 60.7 Å². The van der Waals surface area contributed by atoms with Gasteiger partial charge in [0.05, 0.1) is 23.8 Å². The zero-order chi connectivity index (χ0) is 19.0. The summed E-state index contributed by atoms with van der Waals surface area (Å²) < 4.78 is 27.1. The van der Waals surface area contributed by atoms with Crippen molar-refractivity contribution in [2.24, 2.45) is 0 Å². The first-order valence-electron chi connectivity index (χ1n) is 8.29. The number of carbonyl (C=O) groups is 1. The molecular formula is C19H16ClN3O3S. The molecule has 0 aliphatic carbocycles. The molecule has 2 N–H and O–H groups in total. The number of hydrogen-bond acceptors (Lipinski definition) is 4. The summed E-state index contributed by atoms with van der Waals surface area (Å²) in [6, 6.07) is 16.4. The number of nitrogens with one attached hydrogen (secondary N) is 2. The van der Waals surface area contributed by atoms with Crippen LogP contribution in [0.5, 0.6) is 0 Å². The zero-order valence-corrected chi connectivity index (χ0v) is 15.7. The Bertz CT molecular complexity index is 1110. The van der Waals surface area contributed by atoms with Crippen molar-refractivity contribution in [2.75, 3.05) is 10.6 Å². The van der Waals surface area contributed by atoms with Crippen molar-refractivity contribution in [1.29, 1.82) is 0 Å². The molecule has 4 rings (SSSR count). The first-order chi connectivity index (χ1) is 12.9. The van der Waals surface area contributed by atoms with E-state index in [9.17, 15) is 13.2 Å². The van der Waals surface area contributed by atoms with E-state index in [0.717, 1.165) is 0 Å². The Kier molecular flexibility index (Phi) is 4.41. The van der Waals surface area contributed by atoms with Crippen LogP contribution in [-0.4, -0.2) is 18.3 Å². The number of anilines is 2. The number of amides is 1. The quantitative estimate of drug-likeness (QED) is 0.698. The molecule has 0 fully saturated rings. The van der Waals surface area contributed by atoms with Gasteiger partial charge in [0.1, 0.15) is 4.90 Å². The third-order valence-corrected chi connectivity index (χ3v) is 6.39. The molecule has 0 saturated carbocycles. The molecule has 27 heavy (non-hydrogen) atoms. The second kappa shape index (κ2) is 6.75. The van der Waals surface area contributed by atoms with Crippen molar-refractivity contribution in [3.05, 3.63) is 77.6 Å². The van der Waals surface area contributed by atoms with Crippen molar-refractivity contribution in [3.8, 4) is 0 Å². The fraction of sp³-hybridized carbons (Fsp3) is 0.105. The van der Waals surface area contributed by atoms with Crippen molar-refractivity contribution >= 4 is 38.9 Å². The van der Waals surface area contributed by atoms with Crippen LogP contribution in [0.1, 0.15) is 18.2 Å². The summed E-state index contributed by atoms with van der Waals surface area (Å²) in [5.74, 6) is -0.237. The van der Waals surface area contributed by atoms with Gasteiger partial charge in [0.25, 0.3) is 10.0 Å². The number of halogens is 1. The van der Waals surface area contributed by atoms with E-state index in [1.807, 2.05) is 0 Å². The summed E-state index contributed by atoms with van der Waals surface area (Å²) in [7, 11) is -3.72. The van der Waals surface area contributed by atoms with Gasteiger partial charge in [-0.15, -0.1) is 0 Å². The van der Waals surface area contributed by atoms with Crippen molar-refractivity contribution in [2.45, 2.75) is 17.4 Å². The van der Waals surface area contributed by atoms with E-state index in [2.05, 4.69) is 10.6 Å². The molecule has 1 atom stereocenters. The van der Waals surface area contributed by atoms with E-state index in [4.69, 9.17) is 11.6 Å². The highest BCUT2D eigenvalue weighted by Gasteiger charge is 2.31. The summed E-state index contributed by atoms with van der Waals surface area (Å²) in [5.41, 5.74) is 1.62. The Balaban J connectivity index is 1.65. The third kappa shape index (κ3) is 3.31. The fourth-order valence-electron chi connectivity index (χ4n) is 3.13. The molecule has 6 nitrogen and oxygen atoms in total. The van der Waals surface area contributed by atoms with Crippen LogP contribution in [-0.2, 0) is 14.8 Å². The average Bonchev–Trinajstić information content (AvgIpc) is 3.11. The molecule has 8 heteroatoms. The summed E-state index contributed by atoms with van der Waals surface area (Å²) >= 11 is 5.86. The van der Waals surface area contributed by atoms with Crippen molar-refractivity contribution < 1.29 is 13.2 Å². The summed E-state index contributed by atoms with van der Waals surface area (Å²) in [4.78, 5) is 12.7. The van der Waals surface area contributed by atoms with Gasteiger partial charge < -0.3 is 10.6 Å². The molecule has 1 amide bonds. The Morgan fingerprint density at radius 1 is 1.07 bits per heavy atom. The zero-order valence-electron chi connectivity index (χ0n) is 14.1. The molecule has 0 spiro atoms.